The van der Waals surface area contributed by atoms with E-state index in [1.165, 1.54) is 0 Å². The highest BCUT2D eigenvalue weighted by Gasteiger charge is 2.41. The van der Waals surface area contributed by atoms with Crippen molar-refractivity contribution in [3.05, 3.63) is 29.8 Å². The number of aliphatic carboxylic acids is 1. The summed E-state index contributed by atoms with van der Waals surface area (Å²) in [5.74, 6) is 0.0889. The number of ether oxygens (including phenoxy) is 2. The van der Waals surface area contributed by atoms with Crippen LogP contribution >= 0.6 is 0 Å². The molecular weight excluding hydrogens is 280 g/mol. The average Bonchev–Trinajstić information content (AvgIpc) is 2.56. The molecule has 1 N–H and O–H groups in total. The van der Waals surface area contributed by atoms with Crippen LogP contribution in [0.25, 0.3) is 0 Å². The van der Waals surface area contributed by atoms with Crippen molar-refractivity contribution in [3.8, 4) is 5.75 Å². The third-order valence-electron chi connectivity index (χ3n) is 4.97. The number of rotatable bonds is 4. The van der Waals surface area contributed by atoms with Crippen LogP contribution < -0.4 is 4.74 Å². The molecule has 1 aromatic rings. The van der Waals surface area contributed by atoms with E-state index in [9.17, 15) is 9.90 Å². The lowest BCUT2D eigenvalue weighted by Crippen LogP contribution is -2.37. The summed E-state index contributed by atoms with van der Waals surface area (Å²) in [6, 6.07) is 7.73. The Bertz CT molecular complexity index is 514. The maximum Gasteiger partial charge on any atom is 0.314 e. The van der Waals surface area contributed by atoms with Gasteiger partial charge in [-0.25, -0.2) is 0 Å². The molecule has 0 aromatic heterocycles. The maximum atomic E-state index is 11.9. The maximum absolute atomic E-state index is 11.9. The van der Waals surface area contributed by atoms with E-state index in [1.807, 2.05) is 24.3 Å². The van der Waals surface area contributed by atoms with E-state index in [0.29, 0.717) is 0 Å². The molecule has 0 radical (unpaired) electrons. The number of hydrogen-bond acceptors (Lipinski definition) is 3. The molecule has 1 heterocycles. The van der Waals surface area contributed by atoms with Gasteiger partial charge in [-0.15, -0.1) is 0 Å². The molecule has 0 atom stereocenters. The lowest BCUT2D eigenvalue weighted by Gasteiger charge is -2.34. The van der Waals surface area contributed by atoms with Crippen LogP contribution in [0.15, 0.2) is 24.3 Å². The quantitative estimate of drug-likeness (QED) is 0.924. The zero-order chi connectivity index (χ0) is 15.4. The summed E-state index contributed by atoms with van der Waals surface area (Å²) < 4.78 is 11.4. The second-order valence-electron chi connectivity index (χ2n) is 6.41. The first kappa shape index (κ1) is 15.3. The summed E-state index contributed by atoms with van der Waals surface area (Å²) in [5.41, 5.74) is 0.164. The minimum Gasteiger partial charge on any atom is -0.490 e. The van der Waals surface area contributed by atoms with Crippen LogP contribution in [-0.2, 0) is 14.9 Å². The average molecular weight is 304 g/mol. The predicted molar refractivity (Wildman–Crippen MR) is 83.3 cm³/mol. The summed E-state index contributed by atoms with van der Waals surface area (Å²) in [7, 11) is 0. The Morgan fingerprint density at radius 2 is 1.91 bits per heavy atom. The number of hydrogen-bond donors (Lipinski definition) is 1. The number of carbonyl (C=O) groups is 1. The lowest BCUT2D eigenvalue weighted by molar-refractivity contribution is -0.145. The van der Waals surface area contributed by atoms with Crippen LogP contribution in [-0.4, -0.2) is 30.4 Å². The van der Waals surface area contributed by atoms with Gasteiger partial charge in [0.1, 0.15) is 11.9 Å². The van der Waals surface area contributed by atoms with Gasteiger partial charge in [-0.05, 0) is 30.5 Å². The molecule has 2 aliphatic rings. The van der Waals surface area contributed by atoms with Gasteiger partial charge in [0.2, 0.25) is 0 Å². The molecule has 1 saturated carbocycles. The molecule has 1 aromatic carbocycles. The molecule has 2 fully saturated rings. The van der Waals surface area contributed by atoms with Gasteiger partial charge >= 0.3 is 5.97 Å². The fourth-order valence-corrected chi connectivity index (χ4v) is 3.63. The van der Waals surface area contributed by atoms with Gasteiger partial charge in [-0.2, -0.15) is 0 Å². The van der Waals surface area contributed by atoms with Gasteiger partial charge in [-0.3, -0.25) is 4.79 Å². The largest absolute Gasteiger partial charge is 0.490 e. The first-order chi connectivity index (χ1) is 10.7. The van der Waals surface area contributed by atoms with Crippen molar-refractivity contribution < 1.29 is 19.4 Å². The van der Waals surface area contributed by atoms with Crippen LogP contribution in [0.3, 0.4) is 0 Å². The van der Waals surface area contributed by atoms with E-state index >= 15 is 0 Å². The minimum absolute atomic E-state index is 0.177. The molecule has 1 saturated heterocycles. The Morgan fingerprint density at radius 1 is 1.18 bits per heavy atom. The van der Waals surface area contributed by atoms with Crippen molar-refractivity contribution in [1.82, 2.24) is 0 Å². The predicted octanol–water partition coefficient (Wildman–Crippen LogP) is 3.53. The van der Waals surface area contributed by atoms with Crippen LogP contribution in [0.4, 0.5) is 0 Å². The summed E-state index contributed by atoms with van der Waals surface area (Å²) in [5, 5.41) is 9.80. The second kappa shape index (κ2) is 6.69. The zero-order valence-corrected chi connectivity index (χ0v) is 12.9. The molecule has 1 aliphatic carbocycles. The van der Waals surface area contributed by atoms with E-state index in [1.54, 1.807) is 0 Å². The first-order valence-electron chi connectivity index (χ1n) is 8.29. The Balaban J connectivity index is 1.81. The molecule has 0 spiro atoms. The molecule has 120 valence electrons. The standard InChI is InChI=1S/C18H24O4/c19-17(20)18(9-2-1-3-10-18)14-5-4-6-16(13-14)22-15-7-11-21-12-8-15/h4-6,13,15H,1-3,7-12H2,(H,19,20). The fraction of sp³-hybridized carbons (Fsp3) is 0.611. The summed E-state index contributed by atoms with van der Waals surface area (Å²) in [4.78, 5) is 11.9. The van der Waals surface area contributed by atoms with Crippen molar-refractivity contribution in [3.63, 3.8) is 0 Å². The van der Waals surface area contributed by atoms with E-state index in [4.69, 9.17) is 9.47 Å². The smallest absolute Gasteiger partial charge is 0.314 e. The van der Waals surface area contributed by atoms with E-state index in [0.717, 1.165) is 69.5 Å². The van der Waals surface area contributed by atoms with Crippen LogP contribution in [0.5, 0.6) is 5.75 Å². The Hall–Kier alpha value is -1.55. The molecule has 0 unspecified atom stereocenters. The normalized spacial score (nSPS) is 22.2. The molecule has 0 bridgehead atoms. The molecule has 22 heavy (non-hydrogen) atoms. The summed E-state index contributed by atoms with van der Waals surface area (Å²) in [6.07, 6.45) is 6.52. The summed E-state index contributed by atoms with van der Waals surface area (Å²) >= 11 is 0. The molecule has 3 rings (SSSR count). The molecule has 1 aliphatic heterocycles. The number of carboxylic acid groups (broad SMARTS) is 1. The Morgan fingerprint density at radius 3 is 2.59 bits per heavy atom. The summed E-state index contributed by atoms with van der Waals surface area (Å²) in [6.45, 7) is 1.48. The van der Waals surface area contributed by atoms with Gasteiger partial charge in [0, 0.05) is 12.8 Å². The van der Waals surface area contributed by atoms with Crippen molar-refractivity contribution in [2.75, 3.05) is 13.2 Å². The molecule has 4 heteroatoms. The fourth-order valence-electron chi connectivity index (χ4n) is 3.63. The van der Waals surface area contributed by atoms with Crippen LogP contribution in [0.1, 0.15) is 50.5 Å². The molecule has 0 amide bonds. The van der Waals surface area contributed by atoms with Gasteiger partial charge in [0.15, 0.2) is 0 Å². The van der Waals surface area contributed by atoms with Crippen LogP contribution in [0.2, 0.25) is 0 Å². The van der Waals surface area contributed by atoms with Crippen LogP contribution in [0, 0.1) is 0 Å². The van der Waals surface area contributed by atoms with Gasteiger partial charge < -0.3 is 14.6 Å². The highest BCUT2D eigenvalue weighted by atomic mass is 16.5. The van der Waals surface area contributed by atoms with Gasteiger partial charge in [0.05, 0.1) is 18.6 Å². The number of benzene rings is 1. The highest BCUT2D eigenvalue weighted by molar-refractivity contribution is 5.81. The first-order valence-corrected chi connectivity index (χ1v) is 8.29. The highest BCUT2D eigenvalue weighted by Crippen LogP contribution is 2.40. The lowest BCUT2D eigenvalue weighted by atomic mass is 9.69. The number of carboxylic acids is 1. The zero-order valence-electron chi connectivity index (χ0n) is 12.9. The van der Waals surface area contributed by atoms with Crippen molar-refractivity contribution in [2.24, 2.45) is 0 Å². The van der Waals surface area contributed by atoms with Gasteiger partial charge in [-0.1, -0.05) is 31.4 Å². The van der Waals surface area contributed by atoms with Gasteiger partial charge in [0.25, 0.3) is 0 Å². The van der Waals surface area contributed by atoms with Crippen molar-refractivity contribution in [1.29, 1.82) is 0 Å². The molecule has 4 nitrogen and oxygen atoms in total. The van der Waals surface area contributed by atoms with E-state index < -0.39 is 11.4 Å². The Kier molecular flexibility index (Phi) is 4.67. The SMILES string of the molecule is O=C(O)C1(c2cccc(OC3CCOCC3)c2)CCCCC1. The third-order valence-corrected chi connectivity index (χ3v) is 4.97. The van der Waals surface area contributed by atoms with Crippen molar-refractivity contribution >= 4 is 5.97 Å². The topological polar surface area (TPSA) is 55.8 Å². The third kappa shape index (κ3) is 3.12. The minimum atomic E-state index is -0.729. The second-order valence-corrected chi connectivity index (χ2v) is 6.41. The van der Waals surface area contributed by atoms with E-state index in [2.05, 4.69) is 0 Å². The Labute approximate surface area is 131 Å². The van der Waals surface area contributed by atoms with Crippen molar-refractivity contribution in [2.45, 2.75) is 56.5 Å². The van der Waals surface area contributed by atoms with E-state index in [-0.39, 0.29) is 6.10 Å². The molecular formula is C18H24O4. The monoisotopic (exact) mass is 304 g/mol.